The van der Waals surface area contributed by atoms with E-state index in [-0.39, 0.29) is 18.6 Å². The number of hydrogen-bond acceptors (Lipinski definition) is 4. The highest BCUT2D eigenvalue weighted by molar-refractivity contribution is 5.91. The van der Waals surface area contributed by atoms with Crippen molar-refractivity contribution in [3.8, 4) is 11.5 Å². The molecule has 2 rings (SSSR count). The Hall–Kier alpha value is -1.75. The third-order valence-corrected chi connectivity index (χ3v) is 3.04. The van der Waals surface area contributed by atoms with E-state index in [0.29, 0.717) is 24.5 Å². The smallest absolute Gasteiger partial charge is 0.231 e. The van der Waals surface area contributed by atoms with Crippen LogP contribution in [0, 0.1) is 5.92 Å². The second-order valence-electron chi connectivity index (χ2n) is 4.33. The average Bonchev–Trinajstić information content (AvgIpc) is 2.83. The highest BCUT2D eigenvalue weighted by Crippen LogP contribution is 2.34. The predicted molar refractivity (Wildman–Crippen MR) is 68.6 cm³/mol. The summed E-state index contributed by atoms with van der Waals surface area (Å²) in [6.07, 6.45) is 1.35. The molecule has 98 valence electrons. The molecule has 0 fully saturated rings. The van der Waals surface area contributed by atoms with Gasteiger partial charge in [-0.3, -0.25) is 4.79 Å². The maximum absolute atomic E-state index is 11.8. The van der Waals surface area contributed by atoms with Crippen LogP contribution in [0.4, 0.5) is 5.69 Å². The van der Waals surface area contributed by atoms with Crippen molar-refractivity contribution in [1.82, 2.24) is 0 Å². The highest BCUT2D eigenvalue weighted by atomic mass is 16.7. The van der Waals surface area contributed by atoms with E-state index >= 15 is 0 Å². The van der Waals surface area contributed by atoms with Gasteiger partial charge in [0.15, 0.2) is 11.5 Å². The Morgan fingerprint density at radius 2 is 2.22 bits per heavy atom. The van der Waals surface area contributed by atoms with E-state index in [2.05, 4.69) is 5.32 Å². The van der Waals surface area contributed by atoms with Crippen LogP contribution in [0.15, 0.2) is 18.2 Å². The van der Waals surface area contributed by atoms with Crippen molar-refractivity contribution < 1.29 is 14.3 Å². The Labute approximate surface area is 106 Å². The van der Waals surface area contributed by atoms with Gasteiger partial charge in [-0.05, 0) is 24.6 Å². The fraction of sp³-hybridized carbons (Fsp3) is 0.462. The van der Waals surface area contributed by atoms with Crippen LogP contribution in [-0.2, 0) is 4.79 Å². The summed E-state index contributed by atoms with van der Waals surface area (Å²) in [5.74, 6) is 1.59. The van der Waals surface area contributed by atoms with E-state index in [9.17, 15) is 4.79 Å². The number of carbonyl (C=O) groups excluding carboxylic acids is 1. The Bertz CT molecular complexity index is 430. The molecule has 0 aliphatic carbocycles. The Balaban J connectivity index is 1.95. The first kappa shape index (κ1) is 12.7. The average molecular weight is 250 g/mol. The fourth-order valence-electron chi connectivity index (χ4n) is 1.84. The normalized spacial score (nSPS) is 14.3. The van der Waals surface area contributed by atoms with Gasteiger partial charge in [0.25, 0.3) is 0 Å². The van der Waals surface area contributed by atoms with E-state index in [1.807, 2.05) is 6.92 Å². The molecule has 1 unspecified atom stereocenters. The molecule has 1 aliphatic heterocycles. The molecular formula is C13H18N2O3. The van der Waals surface area contributed by atoms with Gasteiger partial charge < -0.3 is 20.5 Å². The molecule has 18 heavy (non-hydrogen) atoms. The Morgan fingerprint density at radius 1 is 1.44 bits per heavy atom. The van der Waals surface area contributed by atoms with E-state index in [4.69, 9.17) is 15.2 Å². The molecule has 3 N–H and O–H groups in total. The van der Waals surface area contributed by atoms with Crippen molar-refractivity contribution in [2.45, 2.75) is 19.8 Å². The summed E-state index contributed by atoms with van der Waals surface area (Å²) in [5.41, 5.74) is 6.30. The van der Waals surface area contributed by atoms with Crippen molar-refractivity contribution in [1.29, 1.82) is 0 Å². The zero-order valence-electron chi connectivity index (χ0n) is 10.4. The predicted octanol–water partition coefficient (Wildman–Crippen LogP) is 1.73. The van der Waals surface area contributed by atoms with Gasteiger partial charge in [0.2, 0.25) is 12.7 Å². The lowest BCUT2D eigenvalue weighted by atomic mass is 10.0. The molecule has 1 aromatic rings. The number of hydrogen-bond donors (Lipinski definition) is 2. The zero-order chi connectivity index (χ0) is 13.0. The van der Waals surface area contributed by atoms with Crippen LogP contribution in [0.25, 0.3) is 0 Å². The maximum atomic E-state index is 11.8. The van der Waals surface area contributed by atoms with Crippen molar-refractivity contribution in [2.24, 2.45) is 11.7 Å². The van der Waals surface area contributed by atoms with Gasteiger partial charge in [0.1, 0.15) is 0 Å². The minimum Gasteiger partial charge on any atom is -0.454 e. The van der Waals surface area contributed by atoms with E-state index in [1.54, 1.807) is 18.2 Å². The summed E-state index contributed by atoms with van der Waals surface area (Å²) >= 11 is 0. The second-order valence-corrected chi connectivity index (χ2v) is 4.33. The summed E-state index contributed by atoms with van der Waals surface area (Å²) < 4.78 is 10.5. The van der Waals surface area contributed by atoms with Crippen LogP contribution in [0.2, 0.25) is 0 Å². The molecule has 0 saturated heterocycles. The largest absolute Gasteiger partial charge is 0.454 e. The summed E-state index contributed by atoms with van der Waals surface area (Å²) in [6, 6.07) is 5.36. The van der Waals surface area contributed by atoms with Gasteiger partial charge in [0, 0.05) is 18.2 Å². The number of nitrogens with one attached hydrogen (secondary N) is 1. The van der Waals surface area contributed by atoms with Gasteiger partial charge in [-0.25, -0.2) is 0 Å². The summed E-state index contributed by atoms with van der Waals surface area (Å²) in [7, 11) is 0. The van der Waals surface area contributed by atoms with Crippen LogP contribution in [0.5, 0.6) is 11.5 Å². The lowest BCUT2D eigenvalue weighted by Gasteiger charge is -2.12. The van der Waals surface area contributed by atoms with E-state index in [1.165, 1.54) is 0 Å². The van der Waals surface area contributed by atoms with Crippen molar-refractivity contribution in [3.63, 3.8) is 0 Å². The number of fused-ring (bicyclic) bond motifs is 1. The van der Waals surface area contributed by atoms with Crippen molar-refractivity contribution >= 4 is 11.6 Å². The standard InChI is InChI=1S/C13H18N2O3/c1-2-9(7-14)5-13(16)15-10-3-4-11-12(6-10)18-8-17-11/h3-4,6,9H,2,5,7-8,14H2,1H3,(H,15,16). The molecule has 1 heterocycles. The molecule has 1 atom stereocenters. The number of ether oxygens (including phenoxy) is 2. The lowest BCUT2D eigenvalue weighted by Crippen LogP contribution is -2.21. The SMILES string of the molecule is CCC(CN)CC(=O)Nc1ccc2c(c1)OCO2. The first-order chi connectivity index (χ1) is 8.72. The van der Waals surface area contributed by atoms with E-state index in [0.717, 1.165) is 12.1 Å². The summed E-state index contributed by atoms with van der Waals surface area (Å²) in [6.45, 7) is 2.80. The third-order valence-electron chi connectivity index (χ3n) is 3.04. The number of benzene rings is 1. The molecule has 1 aliphatic rings. The quantitative estimate of drug-likeness (QED) is 0.834. The van der Waals surface area contributed by atoms with Crippen LogP contribution in [-0.4, -0.2) is 19.2 Å². The zero-order valence-corrected chi connectivity index (χ0v) is 10.4. The topological polar surface area (TPSA) is 73.6 Å². The van der Waals surface area contributed by atoms with Gasteiger partial charge in [0.05, 0.1) is 0 Å². The van der Waals surface area contributed by atoms with E-state index < -0.39 is 0 Å². The Kier molecular flexibility index (Phi) is 4.04. The second kappa shape index (κ2) is 5.73. The minimum atomic E-state index is -0.0221. The molecule has 1 amide bonds. The van der Waals surface area contributed by atoms with Gasteiger partial charge in [-0.1, -0.05) is 13.3 Å². The highest BCUT2D eigenvalue weighted by Gasteiger charge is 2.15. The number of nitrogens with two attached hydrogens (primary N) is 1. The first-order valence-corrected chi connectivity index (χ1v) is 6.12. The van der Waals surface area contributed by atoms with Crippen LogP contribution < -0.4 is 20.5 Å². The van der Waals surface area contributed by atoms with Crippen molar-refractivity contribution in [2.75, 3.05) is 18.7 Å². The molecular weight excluding hydrogens is 232 g/mol. The summed E-state index contributed by atoms with van der Waals surface area (Å²) in [4.78, 5) is 11.8. The van der Waals surface area contributed by atoms with Crippen molar-refractivity contribution in [3.05, 3.63) is 18.2 Å². The van der Waals surface area contributed by atoms with Crippen LogP contribution >= 0.6 is 0 Å². The maximum Gasteiger partial charge on any atom is 0.231 e. The number of anilines is 1. The molecule has 1 aromatic carbocycles. The molecule has 0 aromatic heterocycles. The molecule has 5 heteroatoms. The molecule has 0 saturated carbocycles. The number of rotatable bonds is 5. The van der Waals surface area contributed by atoms with Crippen LogP contribution in [0.3, 0.4) is 0 Å². The third kappa shape index (κ3) is 2.92. The fourth-order valence-corrected chi connectivity index (χ4v) is 1.84. The van der Waals surface area contributed by atoms with Gasteiger partial charge in [-0.2, -0.15) is 0 Å². The molecule has 0 spiro atoms. The Morgan fingerprint density at radius 3 is 2.94 bits per heavy atom. The number of carbonyl (C=O) groups is 1. The lowest BCUT2D eigenvalue weighted by molar-refractivity contribution is -0.117. The number of amides is 1. The summed E-state index contributed by atoms with van der Waals surface area (Å²) in [5, 5.41) is 2.84. The van der Waals surface area contributed by atoms with Crippen LogP contribution in [0.1, 0.15) is 19.8 Å². The molecule has 5 nitrogen and oxygen atoms in total. The first-order valence-electron chi connectivity index (χ1n) is 6.12. The molecule has 0 radical (unpaired) electrons. The molecule has 0 bridgehead atoms. The van der Waals surface area contributed by atoms with Gasteiger partial charge in [-0.15, -0.1) is 0 Å². The van der Waals surface area contributed by atoms with Gasteiger partial charge >= 0.3 is 0 Å². The minimum absolute atomic E-state index is 0.0221. The monoisotopic (exact) mass is 250 g/mol.